The molecule has 80 valence electrons. The standard InChI is InChI=1S/C11H11Cl2NO/c1-2-14-6-8-4-10(13)9(12)3-7(8)5-11(14)15/h3-4H,2,5-6H2,1H3. The van der Waals surface area contributed by atoms with Gasteiger partial charge in [-0.2, -0.15) is 0 Å². The zero-order chi connectivity index (χ0) is 11.0. The smallest absolute Gasteiger partial charge is 0.227 e. The molecular weight excluding hydrogens is 233 g/mol. The van der Waals surface area contributed by atoms with Crippen LogP contribution in [0.25, 0.3) is 0 Å². The van der Waals surface area contributed by atoms with Gasteiger partial charge in [-0.05, 0) is 30.2 Å². The van der Waals surface area contributed by atoms with E-state index in [-0.39, 0.29) is 5.91 Å². The minimum absolute atomic E-state index is 0.156. The lowest BCUT2D eigenvalue weighted by Gasteiger charge is -2.27. The van der Waals surface area contributed by atoms with Crippen molar-refractivity contribution in [2.24, 2.45) is 0 Å². The summed E-state index contributed by atoms with van der Waals surface area (Å²) >= 11 is 11.8. The quantitative estimate of drug-likeness (QED) is 0.743. The van der Waals surface area contributed by atoms with Gasteiger partial charge < -0.3 is 4.90 Å². The fourth-order valence-corrected chi connectivity index (χ4v) is 2.17. The zero-order valence-corrected chi connectivity index (χ0v) is 9.90. The first-order valence-corrected chi connectivity index (χ1v) is 5.62. The van der Waals surface area contributed by atoms with E-state index in [1.54, 1.807) is 6.07 Å². The molecule has 0 fully saturated rings. The number of benzene rings is 1. The van der Waals surface area contributed by atoms with Crippen LogP contribution in [0.4, 0.5) is 0 Å². The molecule has 1 amide bonds. The predicted molar refractivity (Wildman–Crippen MR) is 61.3 cm³/mol. The maximum Gasteiger partial charge on any atom is 0.227 e. The van der Waals surface area contributed by atoms with Crippen LogP contribution in [0.1, 0.15) is 18.1 Å². The Hall–Kier alpha value is -0.730. The molecule has 0 bridgehead atoms. The summed E-state index contributed by atoms with van der Waals surface area (Å²) in [6.07, 6.45) is 0.431. The molecule has 2 nitrogen and oxygen atoms in total. The number of carbonyl (C=O) groups is 1. The van der Waals surface area contributed by atoms with Crippen molar-refractivity contribution in [3.63, 3.8) is 0 Å². The van der Waals surface area contributed by atoms with E-state index in [9.17, 15) is 4.79 Å². The minimum Gasteiger partial charge on any atom is -0.338 e. The third-order valence-electron chi connectivity index (χ3n) is 2.68. The summed E-state index contributed by atoms with van der Waals surface area (Å²) in [7, 11) is 0. The van der Waals surface area contributed by atoms with Gasteiger partial charge in [0.15, 0.2) is 0 Å². The Morgan fingerprint density at radius 3 is 2.47 bits per heavy atom. The highest BCUT2D eigenvalue weighted by Gasteiger charge is 2.22. The molecule has 1 heterocycles. The number of amides is 1. The topological polar surface area (TPSA) is 20.3 Å². The van der Waals surface area contributed by atoms with E-state index < -0.39 is 0 Å². The SMILES string of the molecule is CCN1Cc2cc(Cl)c(Cl)cc2CC1=O. The van der Waals surface area contributed by atoms with Gasteiger partial charge >= 0.3 is 0 Å². The monoisotopic (exact) mass is 243 g/mol. The number of nitrogens with zero attached hydrogens (tertiary/aromatic N) is 1. The van der Waals surface area contributed by atoms with Crippen LogP contribution >= 0.6 is 23.2 Å². The number of fused-ring (bicyclic) bond motifs is 1. The van der Waals surface area contributed by atoms with Gasteiger partial charge in [-0.3, -0.25) is 4.79 Å². The second kappa shape index (κ2) is 4.03. The molecule has 0 atom stereocenters. The van der Waals surface area contributed by atoms with Crippen molar-refractivity contribution in [3.8, 4) is 0 Å². The molecular formula is C11H11Cl2NO. The first kappa shape index (κ1) is 10.8. The van der Waals surface area contributed by atoms with Crippen LogP contribution in [0.2, 0.25) is 10.0 Å². The fourth-order valence-electron chi connectivity index (χ4n) is 1.80. The van der Waals surface area contributed by atoms with Crippen LogP contribution in [-0.4, -0.2) is 17.4 Å². The van der Waals surface area contributed by atoms with Crippen LogP contribution in [0, 0.1) is 0 Å². The Morgan fingerprint density at radius 1 is 1.27 bits per heavy atom. The van der Waals surface area contributed by atoms with Crippen molar-refractivity contribution in [2.75, 3.05) is 6.54 Å². The summed E-state index contributed by atoms with van der Waals surface area (Å²) in [5.74, 6) is 0.156. The Morgan fingerprint density at radius 2 is 1.87 bits per heavy atom. The van der Waals surface area contributed by atoms with Crippen molar-refractivity contribution in [2.45, 2.75) is 19.9 Å². The average Bonchev–Trinajstić information content (AvgIpc) is 2.20. The predicted octanol–water partition coefficient (Wildman–Crippen LogP) is 2.90. The first-order chi connectivity index (χ1) is 7.11. The molecule has 15 heavy (non-hydrogen) atoms. The highest BCUT2D eigenvalue weighted by atomic mass is 35.5. The van der Waals surface area contributed by atoms with Crippen molar-refractivity contribution >= 4 is 29.1 Å². The van der Waals surface area contributed by atoms with Crippen LogP contribution in [0.3, 0.4) is 0 Å². The Labute approximate surface area is 98.8 Å². The maximum absolute atomic E-state index is 11.6. The Kier molecular flexibility index (Phi) is 2.89. The summed E-state index contributed by atoms with van der Waals surface area (Å²) in [4.78, 5) is 13.4. The van der Waals surface area contributed by atoms with E-state index >= 15 is 0 Å². The van der Waals surface area contributed by atoms with Crippen LogP contribution in [-0.2, 0) is 17.8 Å². The van der Waals surface area contributed by atoms with Gasteiger partial charge in [-0.1, -0.05) is 23.2 Å². The van der Waals surface area contributed by atoms with Gasteiger partial charge in [0.1, 0.15) is 0 Å². The molecule has 0 saturated carbocycles. The van der Waals surface area contributed by atoms with Gasteiger partial charge in [-0.25, -0.2) is 0 Å². The molecule has 0 aromatic heterocycles. The van der Waals surface area contributed by atoms with Crippen molar-refractivity contribution in [3.05, 3.63) is 33.3 Å². The zero-order valence-electron chi connectivity index (χ0n) is 8.39. The van der Waals surface area contributed by atoms with E-state index in [4.69, 9.17) is 23.2 Å². The molecule has 0 radical (unpaired) electrons. The normalized spacial score (nSPS) is 15.4. The second-order valence-electron chi connectivity index (χ2n) is 3.62. The molecule has 1 aliphatic heterocycles. The summed E-state index contributed by atoms with van der Waals surface area (Å²) < 4.78 is 0. The van der Waals surface area contributed by atoms with Gasteiger partial charge in [0, 0.05) is 13.1 Å². The molecule has 1 aromatic rings. The number of hydrogen-bond acceptors (Lipinski definition) is 1. The average molecular weight is 244 g/mol. The van der Waals surface area contributed by atoms with Crippen molar-refractivity contribution in [1.82, 2.24) is 4.90 Å². The number of likely N-dealkylation sites (N-methyl/N-ethyl adjacent to an activating group) is 1. The van der Waals surface area contributed by atoms with Crippen LogP contribution < -0.4 is 0 Å². The van der Waals surface area contributed by atoms with E-state index in [2.05, 4.69) is 0 Å². The maximum atomic E-state index is 11.6. The Bertz CT molecular complexity index is 417. The Balaban J connectivity index is 2.41. The van der Waals surface area contributed by atoms with E-state index in [1.807, 2.05) is 17.9 Å². The number of hydrogen-bond donors (Lipinski definition) is 0. The molecule has 1 aliphatic rings. The molecule has 4 heteroatoms. The molecule has 0 unspecified atom stereocenters. The molecule has 2 rings (SSSR count). The second-order valence-corrected chi connectivity index (χ2v) is 4.43. The van der Waals surface area contributed by atoms with Crippen LogP contribution in [0.15, 0.2) is 12.1 Å². The van der Waals surface area contributed by atoms with E-state index in [1.165, 1.54) is 0 Å². The van der Waals surface area contributed by atoms with Crippen molar-refractivity contribution < 1.29 is 4.79 Å². The summed E-state index contributed by atoms with van der Waals surface area (Å²) in [6, 6.07) is 3.65. The molecule has 0 aliphatic carbocycles. The molecule has 0 N–H and O–H groups in total. The number of rotatable bonds is 1. The molecule has 1 aromatic carbocycles. The number of carbonyl (C=O) groups excluding carboxylic acids is 1. The van der Waals surface area contributed by atoms with Gasteiger partial charge in [0.2, 0.25) is 5.91 Å². The van der Waals surface area contributed by atoms with Gasteiger partial charge in [-0.15, -0.1) is 0 Å². The number of halogens is 2. The molecule has 0 spiro atoms. The molecule has 0 saturated heterocycles. The highest BCUT2D eigenvalue weighted by Crippen LogP contribution is 2.29. The van der Waals surface area contributed by atoms with Crippen LogP contribution in [0.5, 0.6) is 0 Å². The first-order valence-electron chi connectivity index (χ1n) is 4.86. The van der Waals surface area contributed by atoms with E-state index in [0.29, 0.717) is 23.0 Å². The fraction of sp³-hybridized carbons (Fsp3) is 0.364. The summed E-state index contributed by atoms with van der Waals surface area (Å²) in [6.45, 7) is 3.35. The lowest BCUT2D eigenvalue weighted by atomic mass is 9.99. The van der Waals surface area contributed by atoms with Gasteiger partial charge in [0.25, 0.3) is 0 Å². The summed E-state index contributed by atoms with van der Waals surface area (Å²) in [5.41, 5.74) is 2.10. The van der Waals surface area contributed by atoms with Gasteiger partial charge in [0.05, 0.1) is 16.5 Å². The largest absolute Gasteiger partial charge is 0.338 e. The lowest BCUT2D eigenvalue weighted by molar-refractivity contribution is -0.131. The van der Waals surface area contributed by atoms with Crippen molar-refractivity contribution in [1.29, 1.82) is 0 Å². The third kappa shape index (κ3) is 1.97. The highest BCUT2D eigenvalue weighted by molar-refractivity contribution is 6.42. The lowest BCUT2D eigenvalue weighted by Crippen LogP contribution is -2.35. The third-order valence-corrected chi connectivity index (χ3v) is 3.40. The minimum atomic E-state index is 0.156. The summed E-state index contributed by atoms with van der Waals surface area (Å²) in [5, 5.41) is 1.08. The van der Waals surface area contributed by atoms with E-state index in [0.717, 1.165) is 17.7 Å².